The number of anilines is 1. The minimum absolute atomic E-state index is 0.393. The molecule has 0 amide bonds. The Morgan fingerprint density at radius 1 is 0.828 bits per heavy atom. The Bertz CT molecular complexity index is 887. The average Bonchev–Trinajstić information content (AvgIpc) is 2.77. The summed E-state index contributed by atoms with van der Waals surface area (Å²) in [7, 11) is 1.64. The van der Waals surface area contributed by atoms with Crippen molar-refractivity contribution in [1.82, 2.24) is 4.98 Å². The Morgan fingerprint density at radius 3 is 2.24 bits per heavy atom. The maximum absolute atomic E-state index is 5.98. The molecule has 0 bridgehead atoms. The summed E-state index contributed by atoms with van der Waals surface area (Å²) in [6, 6.07) is 19.1. The zero-order chi connectivity index (χ0) is 20.3. The van der Waals surface area contributed by atoms with Gasteiger partial charge in [-0.2, -0.15) is 0 Å². The normalized spacial score (nSPS) is 10.3. The molecule has 6 nitrogen and oxygen atoms in total. The molecule has 1 aromatic heterocycles. The van der Waals surface area contributed by atoms with Gasteiger partial charge < -0.3 is 24.3 Å². The summed E-state index contributed by atoms with van der Waals surface area (Å²) in [5.74, 6) is 3.74. The Hall–Kier alpha value is -3.41. The van der Waals surface area contributed by atoms with E-state index in [1.165, 1.54) is 0 Å². The monoisotopic (exact) mass is 394 g/mol. The van der Waals surface area contributed by atoms with E-state index in [9.17, 15) is 0 Å². The minimum atomic E-state index is 0.393. The van der Waals surface area contributed by atoms with Crippen LogP contribution in [0.25, 0.3) is 0 Å². The molecule has 1 heterocycles. The first-order valence-electron chi connectivity index (χ1n) is 9.59. The van der Waals surface area contributed by atoms with E-state index in [1.54, 1.807) is 13.3 Å². The number of ether oxygens (including phenoxy) is 4. The molecule has 0 atom stereocenters. The van der Waals surface area contributed by atoms with Gasteiger partial charge in [-0.1, -0.05) is 18.2 Å². The van der Waals surface area contributed by atoms with Crippen LogP contribution in [0, 0.1) is 0 Å². The summed E-state index contributed by atoms with van der Waals surface area (Å²) in [6.45, 7) is 3.92. The molecular weight excluding hydrogens is 368 g/mol. The number of hydrogen-bond donors (Lipinski definition) is 1. The summed E-state index contributed by atoms with van der Waals surface area (Å²) < 4.78 is 22.7. The van der Waals surface area contributed by atoms with Crippen LogP contribution >= 0.6 is 0 Å². The molecule has 0 aliphatic rings. The SMILES string of the molecule is CCOc1ccccc1OCCOc1cc(OC)ccc1CNc1ccccn1. The van der Waals surface area contributed by atoms with E-state index in [2.05, 4.69) is 10.3 Å². The largest absolute Gasteiger partial charge is 0.497 e. The highest BCUT2D eigenvalue weighted by molar-refractivity contribution is 5.44. The summed E-state index contributed by atoms with van der Waals surface area (Å²) in [6.07, 6.45) is 1.76. The quantitative estimate of drug-likeness (QED) is 0.481. The molecule has 29 heavy (non-hydrogen) atoms. The van der Waals surface area contributed by atoms with Gasteiger partial charge in [0.2, 0.25) is 0 Å². The standard InChI is InChI=1S/C23H26N2O4/c1-3-27-20-8-4-5-9-21(20)28-14-15-29-22-16-19(26-2)12-11-18(22)17-25-23-10-6-7-13-24-23/h4-13,16H,3,14-15,17H2,1-2H3,(H,24,25). The first-order valence-corrected chi connectivity index (χ1v) is 9.59. The Labute approximate surface area is 171 Å². The average molecular weight is 394 g/mol. The third-order valence-electron chi connectivity index (χ3n) is 4.15. The molecule has 2 aromatic carbocycles. The molecule has 0 unspecified atom stereocenters. The predicted octanol–water partition coefficient (Wildman–Crippen LogP) is 4.56. The van der Waals surface area contributed by atoms with Crippen LogP contribution in [0.3, 0.4) is 0 Å². The summed E-state index contributed by atoms with van der Waals surface area (Å²) in [4.78, 5) is 4.28. The lowest BCUT2D eigenvalue weighted by molar-refractivity contribution is 0.207. The molecule has 0 spiro atoms. The Balaban J connectivity index is 1.59. The van der Waals surface area contributed by atoms with Gasteiger partial charge >= 0.3 is 0 Å². The first-order chi connectivity index (χ1) is 14.3. The lowest BCUT2D eigenvalue weighted by atomic mass is 10.2. The maximum atomic E-state index is 5.98. The van der Waals surface area contributed by atoms with Gasteiger partial charge in [0.1, 0.15) is 30.5 Å². The van der Waals surface area contributed by atoms with Crippen molar-refractivity contribution in [1.29, 1.82) is 0 Å². The van der Waals surface area contributed by atoms with Gasteiger partial charge in [0.05, 0.1) is 13.7 Å². The Morgan fingerprint density at radius 2 is 1.55 bits per heavy atom. The van der Waals surface area contributed by atoms with Crippen LogP contribution in [0.5, 0.6) is 23.0 Å². The zero-order valence-electron chi connectivity index (χ0n) is 16.8. The first kappa shape index (κ1) is 20.3. The van der Waals surface area contributed by atoms with Crippen molar-refractivity contribution >= 4 is 5.82 Å². The van der Waals surface area contributed by atoms with Crippen molar-refractivity contribution in [2.24, 2.45) is 0 Å². The van der Waals surface area contributed by atoms with Crippen LogP contribution < -0.4 is 24.3 Å². The van der Waals surface area contributed by atoms with Crippen molar-refractivity contribution in [2.45, 2.75) is 13.5 Å². The van der Waals surface area contributed by atoms with E-state index in [4.69, 9.17) is 18.9 Å². The second-order valence-corrected chi connectivity index (χ2v) is 6.12. The predicted molar refractivity (Wildman–Crippen MR) is 113 cm³/mol. The van der Waals surface area contributed by atoms with Gasteiger partial charge in [-0.3, -0.25) is 0 Å². The van der Waals surface area contributed by atoms with E-state index in [0.29, 0.717) is 32.1 Å². The molecule has 6 heteroatoms. The third kappa shape index (κ3) is 6.04. The van der Waals surface area contributed by atoms with Crippen molar-refractivity contribution in [3.8, 4) is 23.0 Å². The van der Waals surface area contributed by atoms with Crippen LogP contribution in [-0.2, 0) is 6.54 Å². The third-order valence-corrected chi connectivity index (χ3v) is 4.15. The lowest BCUT2D eigenvalue weighted by Gasteiger charge is -2.15. The van der Waals surface area contributed by atoms with Gasteiger partial charge in [0.15, 0.2) is 11.5 Å². The van der Waals surface area contributed by atoms with E-state index in [-0.39, 0.29) is 0 Å². The smallest absolute Gasteiger partial charge is 0.161 e. The fourth-order valence-corrected chi connectivity index (χ4v) is 2.74. The number of para-hydroxylation sites is 2. The topological polar surface area (TPSA) is 61.8 Å². The minimum Gasteiger partial charge on any atom is -0.497 e. The van der Waals surface area contributed by atoms with Gasteiger partial charge in [-0.05, 0) is 43.3 Å². The highest BCUT2D eigenvalue weighted by Crippen LogP contribution is 2.27. The molecule has 0 aliphatic carbocycles. The van der Waals surface area contributed by atoms with Gasteiger partial charge in [0.25, 0.3) is 0 Å². The molecule has 3 rings (SSSR count). The number of aromatic nitrogens is 1. The fraction of sp³-hybridized carbons (Fsp3) is 0.261. The van der Waals surface area contributed by atoms with Crippen molar-refractivity contribution in [3.63, 3.8) is 0 Å². The summed E-state index contributed by atoms with van der Waals surface area (Å²) in [5, 5.41) is 3.30. The van der Waals surface area contributed by atoms with E-state index < -0.39 is 0 Å². The molecule has 0 saturated heterocycles. The van der Waals surface area contributed by atoms with Crippen LogP contribution in [0.2, 0.25) is 0 Å². The summed E-state index contributed by atoms with van der Waals surface area (Å²) in [5.41, 5.74) is 1.01. The molecular formula is C23H26N2O4. The van der Waals surface area contributed by atoms with Crippen LogP contribution in [0.15, 0.2) is 66.9 Å². The van der Waals surface area contributed by atoms with Crippen molar-refractivity contribution in [2.75, 3.05) is 32.2 Å². The maximum Gasteiger partial charge on any atom is 0.161 e. The number of benzene rings is 2. The zero-order valence-corrected chi connectivity index (χ0v) is 16.8. The fourth-order valence-electron chi connectivity index (χ4n) is 2.74. The van der Waals surface area contributed by atoms with Crippen molar-refractivity contribution < 1.29 is 18.9 Å². The van der Waals surface area contributed by atoms with Crippen molar-refractivity contribution in [3.05, 3.63) is 72.4 Å². The van der Waals surface area contributed by atoms with E-state index in [0.717, 1.165) is 28.6 Å². The molecule has 0 radical (unpaired) electrons. The molecule has 0 aliphatic heterocycles. The second kappa shape index (κ2) is 10.8. The van der Waals surface area contributed by atoms with Crippen LogP contribution in [0.4, 0.5) is 5.82 Å². The van der Waals surface area contributed by atoms with Gasteiger partial charge in [-0.25, -0.2) is 4.98 Å². The number of nitrogens with zero attached hydrogens (tertiary/aromatic N) is 1. The summed E-state index contributed by atoms with van der Waals surface area (Å²) >= 11 is 0. The van der Waals surface area contributed by atoms with Crippen LogP contribution in [-0.4, -0.2) is 31.9 Å². The molecule has 0 fully saturated rings. The Kier molecular flexibility index (Phi) is 7.57. The highest BCUT2D eigenvalue weighted by Gasteiger charge is 2.08. The van der Waals surface area contributed by atoms with Gasteiger partial charge in [-0.15, -0.1) is 0 Å². The number of pyridine rings is 1. The lowest BCUT2D eigenvalue weighted by Crippen LogP contribution is -2.12. The molecule has 3 aromatic rings. The van der Waals surface area contributed by atoms with Crippen LogP contribution in [0.1, 0.15) is 12.5 Å². The van der Waals surface area contributed by atoms with E-state index >= 15 is 0 Å². The molecule has 0 saturated carbocycles. The molecule has 1 N–H and O–H groups in total. The second-order valence-electron chi connectivity index (χ2n) is 6.12. The highest BCUT2D eigenvalue weighted by atomic mass is 16.5. The number of nitrogens with one attached hydrogen (secondary N) is 1. The van der Waals surface area contributed by atoms with E-state index in [1.807, 2.05) is 67.6 Å². The number of hydrogen-bond acceptors (Lipinski definition) is 6. The number of methoxy groups -OCH3 is 1. The number of rotatable bonds is 11. The molecule has 152 valence electrons. The van der Waals surface area contributed by atoms with Gasteiger partial charge in [0, 0.05) is 24.4 Å².